The predicted octanol–water partition coefficient (Wildman–Crippen LogP) is 1.21. The topological polar surface area (TPSA) is 55.3 Å². The van der Waals surface area contributed by atoms with Crippen LogP contribution in [0.4, 0.5) is 0 Å². The van der Waals surface area contributed by atoms with Crippen LogP contribution in [0.5, 0.6) is 5.88 Å². The number of carbonyl (C=O) groups is 1. The Balaban J connectivity index is 2.03. The standard InChI is InChI=1S/C11H14ClN3O2/c1-17-10-5-2-8(13-14-10)7-15(9-3-4-9)11(16)6-12/h2,5,9H,3-4,6-7H2,1H3. The summed E-state index contributed by atoms with van der Waals surface area (Å²) in [5.41, 5.74) is 0.746. The van der Waals surface area contributed by atoms with Crippen molar-refractivity contribution in [3.05, 3.63) is 17.8 Å². The molecule has 1 aromatic rings. The lowest BCUT2D eigenvalue weighted by Gasteiger charge is -2.20. The van der Waals surface area contributed by atoms with Gasteiger partial charge in [-0.05, 0) is 18.9 Å². The van der Waals surface area contributed by atoms with E-state index in [2.05, 4.69) is 10.2 Å². The van der Waals surface area contributed by atoms with Crippen LogP contribution in [0.15, 0.2) is 12.1 Å². The van der Waals surface area contributed by atoms with Crippen molar-refractivity contribution < 1.29 is 9.53 Å². The summed E-state index contributed by atoms with van der Waals surface area (Å²) in [7, 11) is 1.54. The van der Waals surface area contributed by atoms with Crippen LogP contribution in [0.3, 0.4) is 0 Å². The first-order valence-electron chi connectivity index (χ1n) is 5.46. The van der Waals surface area contributed by atoms with Crippen LogP contribution in [-0.2, 0) is 11.3 Å². The fourth-order valence-electron chi connectivity index (χ4n) is 1.60. The van der Waals surface area contributed by atoms with Crippen LogP contribution in [0.1, 0.15) is 18.5 Å². The summed E-state index contributed by atoms with van der Waals surface area (Å²) in [6.07, 6.45) is 2.10. The van der Waals surface area contributed by atoms with Gasteiger partial charge in [0, 0.05) is 12.1 Å². The van der Waals surface area contributed by atoms with Crippen molar-refractivity contribution in [3.63, 3.8) is 0 Å². The molecule has 5 nitrogen and oxygen atoms in total. The van der Waals surface area contributed by atoms with Gasteiger partial charge in [0.25, 0.3) is 0 Å². The summed E-state index contributed by atoms with van der Waals surface area (Å²) in [4.78, 5) is 13.4. The highest BCUT2D eigenvalue weighted by Gasteiger charge is 2.32. The molecule has 0 aromatic carbocycles. The molecule has 1 heterocycles. The SMILES string of the molecule is COc1ccc(CN(C(=O)CCl)C2CC2)nn1. The maximum Gasteiger partial charge on any atom is 0.238 e. The second-order valence-electron chi connectivity index (χ2n) is 3.95. The first-order chi connectivity index (χ1) is 8.24. The third-order valence-corrected chi connectivity index (χ3v) is 2.89. The van der Waals surface area contributed by atoms with Crippen LogP contribution in [0, 0.1) is 0 Å². The molecule has 1 saturated carbocycles. The van der Waals surface area contributed by atoms with Crippen LogP contribution >= 0.6 is 11.6 Å². The number of halogens is 1. The van der Waals surface area contributed by atoms with Crippen molar-refractivity contribution in [2.24, 2.45) is 0 Å². The third kappa shape index (κ3) is 3.06. The number of carbonyl (C=O) groups excluding carboxylic acids is 1. The van der Waals surface area contributed by atoms with Gasteiger partial charge in [-0.15, -0.1) is 16.7 Å². The normalized spacial score (nSPS) is 14.5. The highest BCUT2D eigenvalue weighted by molar-refractivity contribution is 6.27. The average molecular weight is 256 g/mol. The molecule has 92 valence electrons. The van der Waals surface area contributed by atoms with Gasteiger partial charge < -0.3 is 9.64 Å². The lowest BCUT2D eigenvalue weighted by molar-refractivity contribution is -0.129. The number of methoxy groups -OCH3 is 1. The fraction of sp³-hybridized carbons (Fsp3) is 0.545. The number of ether oxygens (including phenoxy) is 1. The molecule has 6 heteroatoms. The predicted molar refractivity (Wildman–Crippen MR) is 62.9 cm³/mol. The smallest absolute Gasteiger partial charge is 0.238 e. The van der Waals surface area contributed by atoms with E-state index in [0.717, 1.165) is 18.5 Å². The van der Waals surface area contributed by atoms with E-state index in [-0.39, 0.29) is 11.8 Å². The van der Waals surface area contributed by atoms with Gasteiger partial charge in [0.15, 0.2) is 0 Å². The van der Waals surface area contributed by atoms with E-state index in [1.54, 1.807) is 11.0 Å². The van der Waals surface area contributed by atoms with Gasteiger partial charge in [-0.1, -0.05) is 0 Å². The van der Waals surface area contributed by atoms with Gasteiger partial charge in [-0.25, -0.2) is 0 Å². The van der Waals surface area contributed by atoms with Gasteiger partial charge in [-0.3, -0.25) is 4.79 Å². The minimum absolute atomic E-state index is 0.0140. The number of hydrogen-bond acceptors (Lipinski definition) is 4. The zero-order valence-corrected chi connectivity index (χ0v) is 10.4. The Morgan fingerprint density at radius 1 is 1.53 bits per heavy atom. The largest absolute Gasteiger partial charge is 0.480 e. The van der Waals surface area contributed by atoms with Crippen LogP contribution in [0.25, 0.3) is 0 Å². The molecule has 0 bridgehead atoms. The summed E-state index contributed by atoms with van der Waals surface area (Å²) in [5.74, 6) is 0.433. The Kier molecular flexibility index (Phi) is 3.78. The van der Waals surface area contributed by atoms with Crippen LogP contribution in [0.2, 0.25) is 0 Å². The first kappa shape index (κ1) is 12.1. The molecule has 0 spiro atoms. The molecule has 1 aliphatic rings. The zero-order chi connectivity index (χ0) is 12.3. The molecule has 1 aliphatic carbocycles. The Hall–Kier alpha value is -1.36. The van der Waals surface area contributed by atoms with Gasteiger partial charge in [0.05, 0.1) is 19.3 Å². The Labute approximate surface area is 105 Å². The van der Waals surface area contributed by atoms with Crippen molar-refractivity contribution in [2.75, 3.05) is 13.0 Å². The van der Waals surface area contributed by atoms with Gasteiger partial charge in [-0.2, -0.15) is 5.10 Å². The molecule has 0 atom stereocenters. The molecule has 17 heavy (non-hydrogen) atoms. The minimum Gasteiger partial charge on any atom is -0.480 e. The second kappa shape index (κ2) is 5.31. The minimum atomic E-state index is -0.0493. The Morgan fingerprint density at radius 3 is 2.76 bits per heavy atom. The number of aromatic nitrogens is 2. The summed E-state index contributed by atoms with van der Waals surface area (Å²) in [5, 5.41) is 7.88. The Bertz CT molecular complexity index is 392. The van der Waals surface area contributed by atoms with Crippen molar-refractivity contribution in [1.29, 1.82) is 0 Å². The molecule has 0 radical (unpaired) electrons. The second-order valence-corrected chi connectivity index (χ2v) is 4.22. The van der Waals surface area contributed by atoms with E-state index in [0.29, 0.717) is 18.5 Å². The zero-order valence-electron chi connectivity index (χ0n) is 9.60. The number of alkyl halides is 1. The highest BCUT2D eigenvalue weighted by atomic mass is 35.5. The monoisotopic (exact) mass is 255 g/mol. The molecule has 0 aliphatic heterocycles. The van der Waals surface area contributed by atoms with Gasteiger partial charge in [0.1, 0.15) is 5.88 Å². The Morgan fingerprint density at radius 2 is 2.29 bits per heavy atom. The molecule has 0 unspecified atom stereocenters. The molecule has 1 aromatic heterocycles. The van der Waals surface area contributed by atoms with E-state index in [1.165, 1.54) is 7.11 Å². The van der Waals surface area contributed by atoms with Crippen molar-refractivity contribution in [3.8, 4) is 5.88 Å². The van der Waals surface area contributed by atoms with Crippen molar-refractivity contribution >= 4 is 17.5 Å². The maximum absolute atomic E-state index is 11.6. The average Bonchev–Trinajstić information content (AvgIpc) is 3.20. The molecule has 1 amide bonds. The number of rotatable bonds is 5. The number of amides is 1. The maximum atomic E-state index is 11.6. The molecule has 0 N–H and O–H groups in total. The molecule has 2 rings (SSSR count). The lowest BCUT2D eigenvalue weighted by atomic mass is 10.3. The first-order valence-corrected chi connectivity index (χ1v) is 6.00. The summed E-state index contributed by atoms with van der Waals surface area (Å²) in [6, 6.07) is 3.87. The van der Waals surface area contributed by atoms with Crippen molar-refractivity contribution in [2.45, 2.75) is 25.4 Å². The number of hydrogen-bond donors (Lipinski definition) is 0. The summed E-state index contributed by atoms with van der Waals surface area (Å²) < 4.78 is 4.93. The summed E-state index contributed by atoms with van der Waals surface area (Å²) in [6.45, 7) is 0.465. The van der Waals surface area contributed by atoms with E-state index in [4.69, 9.17) is 16.3 Å². The van der Waals surface area contributed by atoms with E-state index >= 15 is 0 Å². The molecular weight excluding hydrogens is 242 g/mol. The van der Waals surface area contributed by atoms with E-state index in [9.17, 15) is 4.79 Å². The van der Waals surface area contributed by atoms with E-state index < -0.39 is 0 Å². The van der Waals surface area contributed by atoms with Crippen LogP contribution < -0.4 is 4.74 Å². The number of nitrogens with zero attached hydrogens (tertiary/aromatic N) is 3. The fourth-order valence-corrected chi connectivity index (χ4v) is 1.75. The molecular formula is C11H14ClN3O2. The van der Waals surface area contributed by atoms with Crippen LogP contribution in [-0.4, -0.2) is 40.0 Å². The van der Waals surface area contributed by atoms with Gasteiger partial charge in [0.2, 0.25) is 11.8 Å². The van der Waals surface area contributed by atoms with Gasteiger partial charge >= 0.3 is 0 Å². The highest BCUT2D eigenvalue weighted by Crippen LogP contribution is 2.28. The summed E-state index contributed by atoms with van der Waals surface area (Å²) >= 11 is 5.59. The lowest BCUT2D eigenvalue weighted by Crippen LogP contribution is -2.33. The third-order valence-electron chi connectivity index (χ3n) is 2.66. The molecule has 1 fully saturated rings. The van der Waals surface area contributed by atoms with Crippen molar-refractivity contribution in [1.82, 2.24) is 15.1 Å². The van der Waals surface area contributed by atoms with E-state index in [1.807, 2.05) is 6.07 Å². The molecule has 0 saturated heterocycles. The quantitative estimate of drug-likeness (QED) is 0.743.